The molecule has 11 rings (SSSR count). The van der Waals surface area contributed by atoms with Crippen LogP contribution in [0.1, 0.15) is 11.1 Å². The lowest BCUT2D eigenvalue weighted by Crippen LogP contribution is -1.98. The van der Waals surface area contributed by atoms with E-state index in [1.54, 1.807) is 0 Å². The fourth-order valence-electron chi connectivity index (χ4n) is 8.73. The Morgan fingerprint density at radius 2 is 0.843 bits per heavy atom. The molecule has 51 heavy (non-hydrogen) atoms. The van der Waals surface area contributed by atoms with Crippen LogP contribution in [0.4, 0.5) is 0 Å². The van der Waals surface area contributed by atoms with E-state index < -0.39 is 0 Å². The van der Waals surface area contributed by atoms with Crippen molar-refractivity contribution in [1.29, 1.82) is 0 Å². The Bertz CT molecular complexity index is 2960. The highest BCUT2D eigenvalue weighted by atomic mass is 15.0. The van der Waals surface area contributed by atoms with Crippen molar-refractivity contribution >= 4 is 43.6 Å². The van der Waals surface area contributed by atoms with Crippen LogP contribution in [0.3, 0.4) is 0 Å². The third-order valence-corrected chi connectivity index (χ3v) is 11.0. The highest BCUT2D eigenvalue weighted by Crippen LogP contribution is 2.46. The molecular weight excluding hydrogens is 617 g/mol. The average molecular weight is 649 g/mol. The van der Waals surface area contributed by atoms with Crippen LogP contribution in [0.15, 0.2) is 182 Å². The molecule has 0 atom stereocenters. The van der Waals surface area contributed by atoms with Gasteiger partial charge in [-0.25, -0.2) is 0 Å². The Labute approximate surface area is 296 Å². The third kappa shape index (κ3) is 4.17. The zero-order valence-electron chi connectivity index (χ0n) is 27.9. The van der Waals surface area contributed by atoms with Gasteiger partial charge in [0, 0.05) is 32.9 Å². The Kier molecular flexibility index (Phi) is 6.05. The maximum atomic E-state index is 2.50. The van der Waals surface area contributed by atoms with Crippen molar-refractivity contribution in [3.05, 3.63) is 193 Å². The lowest BCUT2D eigenvalue weighted by atomic mass is 9.94. The standard InChI is InChI=1S/C49H32N2/c1-3-13-32(14-4-1)33-23-25-36(26-24-33)50-44-21-11-9-19-39(44)48-46(50)27-28-47-49(48)40-20-10-12-22-45(40)51(47)37-30-41(34-15-5-2-6-16-34)42-29-35-17-7-8-18-38(35)43(42)31-37/h1-28,30-31H,29H2. The monoisotopic (exact) mass is 648 g/mol. The van der Waals surface area contributed by atoms with E-state index in [-0.39, 0.29) is 0 Å². The third-order valence-electron chi connectivity index (χ3n) is 11.0. The fourth-order valence-corrected chi connectivity index (χ4v) is 8.73. The van der Waals surface area contributed by atoms with Crippen LogP contribution < -0.4 is 0 Å². The van der Waals surface area contributed by atoms with Crippen LogP contribution in [0.2, 0.25) is 0 Å². The molecule has 8 aromatic carbocycles. The molecule has 0 aliphatic heterocycles. The molecule has 0 saturated heterocycles. The first-order chi connectivity index (χ1) is 25.3. The molecule has 2 heterocycles. The summed E-state index contributed by atoms with van der Waals surface area (Å²) in [6, 6.07) is 66.8. The van der Waals surface area contributed by atoms with Crippen LogP contribution in [-0.4, -0.2) is 9.13 Å². The van der Waals surface area contributed by atoms with Gasteiger partial charge in [-0.05, 0) is 99.5 Å². The van der Waals surface area contributed by atoms with Gasteiger partial charge in [-0.2, -0.15) is 0 Å². The number of hydrogen-bond donors (Lipinski definition) is 0. The van der Waals surface area contributed by atoms with Crippen LogP contribution >= 0.6 is 0 Å². The van der Waals surface area contributed by atoms with Crippen molar-refractivity contribution in [1.82, 2.24) is 9.13 Å². The topological polar surface area (TPSA) is 9.86 Å². The molecule has 1 aliphatic carbocycles. The minimum absolute atomic E-state index is 0.954. The van der Waals surface area contributed by atoms with Gasteiger partial charge in [0.15, 0.2) is 0 Å². The molecule has 0 unspecified atom stereocenters. The lowest BCUT2D eigenvalue weighted by Gasteiger charge is -2.15. The average Bonchev–Trinajstić information content (AvgIpc) is 3.86. The van der Waals surface area contributed by atoms with Crippen molar-refractivity contribution in [3.63, 3.8) is 0 Å². The predicted molar refractivity (Wildman–Crippen MR) is 214 cm³/mol. The highest BCUT2D eigenvalue weighted by molar-refractivity contribution is 6.29. The lowest BCUT2D eigenvalue weighted by molar-refractivity contribution is 1.17. The van der Waals surface area contributed by atoms with Crippen molar-refractivity contribution in [3.8, 4) is 44.8 Å². The van der Waals surface area contributed by atoms with Crippen molar-refractivity contribution < 1.29 is 0 Å². The summed E-state index contributed by atoms with van der Waals surface area (Å²) < 4.78 is 4.93. The number of fused-ring (bicyclic) bond motifs is 10. The van der Waals surface area contributed by atoms with Crippen LogP contribution in [0.5, 0.6) is 0 Å². The Morgan fingerprint density at radius 1 is 0.333 bits per heavy atom. The summed E-state index contributed by atoms with van der Waals surface area (Å²) in [5, 5.41) is 5.12. The summed E-state index contributed by atoms with van der Waals surface area (Å²) >= 11 is 0. The largest absolute Gasteiger partial charge is 0.309 e. The SMILES string of the molecule is c1ccc(-c2ccc(-n3c4ccccc4c4c5c6ccccc6n(-c6cc(-c7ccccc7)c7c(c6)-c6ccccc6C7)c5ccc43)cc2)cc1. The number of para-hydroxylation sites is 2. The maximum Gasteiger partial charge on any atom is 0.0548 e. The fraction of sp³-hybridized carbons (Fsp3) is 0.0204. The predicted octanol–water partition coefficient (Wildman–Crippen LogP) is 12.8. The number of aromatic nitrogens is 2. The first-order valence-corrected chi connectivity index (χ1v) is 17.7. The molecule has 0 N–H and O–H groups in total. The zero-order valence-corrected chi connectivity index (χ0v) is 27.9. The molecular formula is C49H32N2. The van der Waals surface area contributed by atoms with Gasteiger partial charge in [0.25, 0.3) is 0 Å². The van der Waals surface area contributed by atoms with Gasteiger partial charge in [-0.1, -0.05) is 133 Å². The summed E-state index contributed by atoms with van der Waals surface area (Å²) in [5.74, 6) is 0. The molecule has 0 bridgehead atoms. The summed E-state index contributed by atoms with van der Waals surface area (Å²) in [5.41, 5.74) is 17.7. The molecule has 2 aromatic heterocycles. The number of rotatable bonds is 4. The molecule has 0 radical (unpaired) electrons. The summed E-state index contributed by atoms with van der Waals surface area (Å²) in [6.07, 6.45) is 0.954. The molecule has 0 fully saturated rings. The van der Waals surface area contributed by atoms with Gasteiger partial charge >= 0.3 is 0 Å². The molecule has 2 nitrogen and oxygen atoms in total. The molecule has 0 amide bonds. The van der Waals surface area contributed by atoms with Gasteiger partial charge < -0.3 is 9.13 Å². The minimum Gasteiger partial charge on any atom is -0.309 e. The Balaban J connectivity index is 1.20. The molecule has 238 valence electrons. The zero-order chi connectivity index (χ0) is 33.5. The first kappa shape index (κ1) is 28.2. The van der Waals surface area contributed by atoms with E-state index in [1.807, 2.05) is 0 Å². The van der Waals surface area contributed by atoms with E-state index in [9.17, 15) is 0 Å². The van der Waals surface area contributed by atoms with Gasteiger partial charge in [-0.15, -0.1) is 0 Å². The molecule has 0 saturated carbocycles. The Morgan fingerprint density at radius 3 is 1.51 bits per heavy atom. The van der Waals surface area contributed by atoms with Gasteiger partial charge in [0.1, 0.15) is 0 Å². The summed E-state index contributed by atoms with van der Waals surface area (Å²) in [7, 11) is 0. The van der Waals surface area contributed by atoms with Gasteiger partial charge in [0.05, 0.1) is 22.1 Å². The van der Waals surface area contributed by atoms with Crippen molar-refractivity contribution in [2.75, 3.05) is 0 Å². The first-order valence-electron chi connectivity index (χ1n) is 17.7. The summed E-state index contributed by atoms with van der Waals surface area (Å²) in [4.78, 5) is 0. The second-order valence-corrected chi connectivity index (χ2v) is 13.7. The highest BCUT2D eigenvalue weighted by Gasteiger charge is 2.25. The summed E-state index contributed by atoms with van der Waals surface area (Å²) in [6.45, 7) is 0. The molecule has 2 heteroatoms. The van der Waals surface area contributed by atoms with E-state index in [2.05, 4.69) is 191 Å². The van der Waals surface area contributed by atoms with Crippen molar-refractivity contribution in [2.24, 2.45) is 0 Å². The van der Waals surface area contributed by atoms with E-state index in [0.29, 0.717) is 0 Å². The number of benzene rings is 8. The van der Waals surface area contributed by atoms with Gasteiger partial charge in [-0.3, -0.25) is 0 Å². The van der Waals surface area contributed by atoms with Crippen LogP contribution in [0.25, 0.3) is 88.4 Å². The Hall–Kier alpha value is -6.64. The minimum atomic E-state index is 0.954. The number of nitrogens with zero attached hydrogens (tertiary/aromatic N) is 2. The van der Waals surface area contributed by atoms with Crippen LogP contribution in [0, 0.1) is 0 Å². The normalized spacial score (nSPS) is 12.2. The quantitative estimate of drug-likeness (QED) is 0.180. The van der Waals surface area contributed by atoms with Gasteiger partial charge in [0.2, 0.25) is 0 Å². The molecule has 10 aromatic rings. The van der Waals surface area contributed by atoms with E-state index in [1.165, 1.54) is 93.8 Å². The second kappa shape index (κ2) is 10.9. The molecule has 1 aliphatic rings. The van der Waals surface area contributed by atoms with Crippen molar-refractivity contribution in [2.45, 2.75) is 6.42 Å². The number of hydrogen-bond acceptors (Lipinski definition) is 0. The second-order valence-electron chi connectivity index (χ2n) is 13.7. The molecule has 0 spiro atoms. The van der Waals surface area contributed by atoms with E-state index >= 15 is 0 Å². The maximum absolute atomic E-state index is 2.50. The smallest absolute Gasteiger partial charge is 0.0548 e. The van der Waals surface area contributed by atoms with Crippen LogP contribution in [-0.2, 0) is 6.42 Å². The van der Waals surface area contributed by atoms with E-state index in [0.717, 1.165) is 12.1 Å². The van der Waals surface area contributed by atoms with E-state index in [4.69, 9.17) is 0 Å².